The standard InChI is InChI=1S/C17H20N4O3S/c1-9-7-10(2)12(8-9)19-17-20-16(18)15(25-17)14(22)11-5-3-4-6-13(11)21(23)24/h3-6,9-10,12H,7-8,18H2,1-2H3,(H,19,20). The van der Waals surface area contributed by atoms with E-state index in [2.05, 4.69) is 24.1 Å². The van der Waals surface area contributed by atoms with E-state index in [-0.39, 0.29) is 21.9 Å². The van der Waals surface area contributed by atoms with Gasteiger partial charge in [-0.2, -0.15) is 0 Å². The van der Waals surface area contributed by atoms with Crippen molar-refractivity contribution in [3.05, 3.63) is 44.8 Å². The molecule has 3 N–H and O–H groups in total. The maximum atomic E-state index is 12.7. The van der Waals surface area contributed by atoms with Gasteiger partial charge in [-0.05, 0) is 30.7 Å². The number of carbonyl (C=O) groups is 1. The molecule has 0 amide bonds. The number of nitrogens with one attached hydrogen (secondary N) is 1. The number of anilines is 2. The Hall–Kier alpha value is -2.48. The number of nitrogens with zero attached hydrogens (tertiary/aromatic N) is 2. The summed E-state index contributed by atoms with van der Waals surface area (Å²) >= 11 is 1.15. The van der Waals surface area contributed by atoms with Crippen molar-refractivity contribution in [3.8, 4) is 0 Å². The molecule has 0 saturated heterocycles. The molecule has 8 heteroatoms. The molecule has 1 saturated carbocycles. The second-order valence-electron chi connectivity index (χ2n) is 6.64. The fourth-order valence-corrected chi connectivity index (χ4v) is 4.32. The van der Waals surface area contributed by atoms with Gasteiger partial charge >= 0.3 is 0 Å². The average molecular weight is 360 g/mol. The van der Waals surface area contributed by atoms with Crippen molar-refractivity contribution in [3.63, 3.8) is 0 Å². The molecule has 1 aromatic heterocycles. The number of carbonyl (C=O) groups excluding carboxylic acids is 1. The first kappa shape index (κ1) is 17.3. The summed E-state index contributed by atoms with van der Waals surface area (Å²) in [4.78, 5) is 27.8. The molecule has 7 nitrogen and oxygen atoms in total. The van der Waals surface area contributed by atoms with Crippen LogP contribution in [0.15, 0.2) is 24.3 Å². The van der Waals surface area contributed by atoms with Gasteiger partial charge in [-0.1, -0.05) is 37.3 Å². The largest absolute Gasteiger partial charge is 0.382 e. The fraction of sp³-hybridized carbons (Fsp3) is 0.412. The highest BCUT2D eigenvalue weighted by Gasteiger charge is 2.30. The molecule has 0 bridgehead atoms. The Bertz CT molecular complexity index is 820. The third-order valence-electron chi connectivity index (χ3n) is 4.63. The predicted molar refractivity (Wildman–Crippen MR) is 98.0 cm³/mol. The monoisotopic (exact) mass is 360 g/mol. The summed E-state index contributed by atoms with van der Waals surface area (Å²) in [7, 11) is 0. The van der Waals surface area contributed by atoms with E-state index in [1.54, 1.807) is 6.07 Å². The third-order valence-corrected chi connectivity index (χ3v) is 5.63. The lowest BCUT2D eigenvalue weighted by Crippen LogP contribution is -2.21. The number of rotatable bonds is 5. The molecule has 1 aliphatic rings. The second kappa shape index (κ2) is 6.79. The fourth-order valence-electron chi connectivity index (χ4n) is 3.42. The molecule has 1 fully saturated rings. The molecule has 132 valence electrons. The van der Waals surface area contributed by atoms with Crippen LogP contribution in [0.25, 0.3) is 0 Å². The summed E-state index contributed by atoms with van der Waals surface area (Å²) in [5, 5.41) is 15.1. The summed E-state index contributed by atoms with van der Waals surface area (Å²) in [6, 6.07) is 6.17. The zero-order valence-corrected chi connectivity index (χ0v) is 14.9. The number of nitrogens with two attached hydrogens (primary N) is 1. The lowest BCUT2D eigenvalue weighted by atomic mass is 10.1. The van der Waals surface area contributed by atoms with Gasteiger partial charge in [0.05, 0.1) is 4.92 Å². The van der Waals surface area contributed by atoms with Crippen LogP contribution in [0.5, 0.6) is 0 Å². The first-order valence-electron chi connectivity index (χ1n) is 8.17. The first-order chi connectivity index (χ1) is 11.9. The molecule has 3 atom stereocenters. The van der Waals surface area contributed by atoms with Crippen molar-refractivity contribution in [1.29, 1.82) is 0 Å². The Balaban J connectivity index is 1.86. The van der Waals surface area contributed by atoms with Gasteiger partial charge < -0.3 is 11.1 Å². The molecular weight excluding hydrogens is 340 g/mol. The summed E-state index contributed by atoms with van der Waals surface area (Å²) in [6.07, 6.45) is 2.20. The minimum atomic E-state index is -0.564. The zero-order chi connectivity index (χ0) is 18.1. The first-order valence-corrected chi connectivity index (χ1v) is 8.99. The van der Waals surface area contributed by atoms with Crippen LogP contribution in [0.1, 0.15) is 41.9 Å². The maximum absolute atomic E-state index is 12.7. The molecule has 0 aliphatic heterocycles. The number of benzene rings is 1. The highest BCUT2D eigenvalue weighted by atomic mass is 32.1. The number of hydrogen-bond donors (Lipinski definition) is 2. The summed E-state index contributed by atoms with van der Waals surface area (Å²) in [5.41, 5.74) is 5.71. The average Bonchev–Trinajstić information content (AvgIpc) is 3.08. The van der Waals surface area contributed by atoms with Gasteiger partial charge in [0.15, 0.2) is 5.13 Å². The van der Waals surface area contributed by atoms with E-state index in [0.29, 0.717) is 23.0 Å². The predicted octanol–water partition coefficient (Wildman–Crippen LogP) is 3.71. The Kier molecular flexibility index (Phi) is 4.71. The molecule has 2 aromatic rings. The van der Waals surface area contributed by atoms with E-state index in [4.69, 9.17) is 5.73 Å². The van der Waals surface area contributed by atoms with Crippen LogP contribution in [0, 0.1) is 22.0 Å². The summed E-state index contributed by atoms with van der Waals surface area (Å²) in [5.74, 6) is 0.810. The highest BCUT2D eigenvalue weighted by Crippen LogP contribution is 2.35. The van der Waals surface area contributed by atoms with Crippen LogP contribution in [-0.2, 0) is 0 Å². The van der Waals surface area contributed by atoms with Gasteiger partial charge in [0.25, 0.3) is 5.69 Å². The van der Waals surface area contributed by atoms with Crippen molar-refractivity contribution >= 4 is 33.8 Å². The van der Waals surface area contributed by atoms with E-state index < -0.39 is 10.7 Å². The number of nitrogen functional groups attached to an aromatic ring is 1. The van der Waals surface area contributed by atoms with Crippen LogP contribution in [0.2, 0.25) is 0 Å². The molecule has 25 heavy (non-hydrogen) atoms. The van der Waals surface area contributed by atoms with Gasteiger partial charge in [0.2, 0.25) is 5.78 Å². The Morgan fingerprint density at radius 1 is 1.36 bits per heavy atom. The number of thiazole rings is 1. The smallest absolute Gasteiger partial charge is 0.280 e. The molecule has 3 unspecified atom stereocenters. The van der Waals surface area contributed by atoms with Crippen molar-refractivity contribution < 1.29 is 9.72 Å². The normalized spacial score (nSPS) is 22.7. The molecule has 1 aliphatic carbocycles. The van der Waals surface area contributed by atoms with Gasteiger partial charge in [-0.3, -0.25) is 14.9 Å². The number of aromatic nitrogens is 1. The van der Waals surface area contributed by atoms with Gasteiger partial charge in [0, 0.05) is 12.1 Å². The number of nitro benzene ring substituents is 1. The summed E-state index contributed by atoms with van der Waals surface area (Å²) in [6.45, 7) is 4.41. The zero-order valence-electron chi connectivity index (χ0n) is 14.1. The molecule has 3 rings (SSSR count). The molecule has 0 spiro atoms. The minimum Gasteiger partial charge on any atom is -0.382 e. The van der Waals surface area contributed by atoms with E-state index in [0.717, 1.165) is 24.2 Å². The Labute approximate surface area is 149 Å². The SMILES string of the molecule is CC1CC(C)C(Nc2nc(N)c(C(=O)c3ccccc3[N+](=O)[O-])s2)C1. The van der Waals surface area contributed by atoms with Crippen LogP contribution < -0.4 is 11.1 Å². The van der Waals surface area contributed by atoms with Crippen LogP contribution >= 0.6 is 11.3 Å². The van der Waals surface area contributed by atoms with Crippen LogP contribution in [0.4, 0.5) is 16.6 Å². The molecule has 1 heterocycles. The van der Waals surface area contributed by atoms with Crippen molar-refractivity contribution in [1.82, 2.24) is 4.98 Å². The lowest BCUT2D eigenvalue weighted by molar-refractivity contribution is -0.385. The number of para-hydroxylation sites is 1. The highest BCUT2D eigenvalue weighted by molar-refractivity contribution is 7.18. The van der Waals surface area contributed by atoms with Crippen molar-refractivity contribution in [2.24, 2.45) is 11.8 Å². The quantitative estimate of drug-likeness (QED) is 0.478. The topological polar surface area (TPSA) is 111 Å². The molecule has 1 aromatic carbocycles. The minimum absolute atomic E-state index is 0.0252. The van der Waals surface area contributed by atoms with Crippen molar-refractivity contribution in [2.75, 3.05) is 11.1 Å². The maximum Gasteiger partial charge on any atom is 0.280 e. The lowest BCUT2D eigenvalue weighted by Gasteiger charge is -2.15. The van der Waals surface area contributed by atoms with E-state index in [9.17, 15) is 14.9 Å². The van der Waals surface area contributed by atoms with Crippen LogP contribution in [0.3, 0.4) is 0 Å². The van der Waals surface area contributed by atoms with E-state index in [1.807, 2.05) is 0 Å². The molecular formula is C17H20N4O3S. The number of hydrogen-bond acceptors (Lipinski definition) is 7. The van der Waals surface area contributed by atoms with Gasteiger partial charge in [-0.25, -0.2) is 4.98 Å². The van der Waals surface area contributed by atoms with Gasteiger partial charge in [0.1, 0.15) is 16.3 Å². The number of nitro groups is 1. The van der Waals surface area contributed by atoms with E-state index >= 15 is 0 Å². The van der Waals surface area contributed by atoms with E-state index in [1.165, 1.54) is 18.2 Å². The Morgan fingerprint density at radius 2 is 2.08 bits per heavy atom. The van der Waals surface area contributed by atoms with Crippen LogP contribution in [-0.4, -0.2) is 21.7 Å². The van der Waals surface area contributed by atoms with Crippen molar-refractivity contribution in [2.45, 2.75) is 32.7 Å². The second-order valence-corrected chi connectivity index (χ2v) is 7.64. The molecule has 0 radical (unpaired) electrons. The Morgan fingerprint density at radius 3 is 2.72 bits per heavy atom. The number of ketones is 1. The van der Waals surface area contributed by atoms with Gasteiger partial charge in [-0.15, -0.1) is 0 Å². The third kappa shape index (κ3) is 3.48. The summed E-state index contributed by atoms with van der Waals surface area (Å²) < 4.78 is 0.